The second kappa shape index (κ2) is 11.1. The number of aryl methyl sites for hydroxylation is 1. The summed E-state index contributed by atoms with van der Waals surface area (Å²) in [6, 6.07) is 11.5. The van der Waals surface area contributed by atoms with Crippen molar-refractivity contribution in [3.05, 3.63) is 66.2 Å². The van der Waals surface area contributed by atoms with E-state index in [0.717, 1.165) is 58.4 Å². The molecule has 4 N–H and O–H groups in total. The fraction of sp³-hybridized carbons (Fsp3) is 0.214. The van der Waals surface area contributed by atoms with Gasteiger partial charge in [-0.25, -0.2) is 19.9 Å². The van der Waals surface area contributed by atoms with Crippen molar-refractivity contribution in [2.45, 2.75) is 26.3 Å². The Hall–Kier alpha value is -4.84. The number of nitrogen functional groups attached to an aromatic ring is 1. The third kappa shape index (κ3) is 5.21. The number of nitrogens with zero attached hydrogens (tertiary/aromatic N) is 6. The number of carbonyl (C=O) groups excluding carboxylic acids is 1. The number of amides is 1. The summed E-state index contributed by atoms with van der Waals surface area (Å²) < 4.78 is 7.98. The fourth-order valence-electron chi connectivity index (χ4n) is 4.53. The molecule has 12 heteroatoms. The Bertz CT molecular complexity index is 1810. The molecule has 40 heavy (non-hydrogen) atoms. The number of hydrogen-bond donors (Lipinski definition) is 3. The highest BCUT2D eigenvalue weighted by Crippen LogP contribution is 2.34. The van der Waals surface area contributed by atoms with Gasteiger partial charge in [-0.05, 0) is 44.0 Å². The van der Waals surface area contributed by atoms with Crippen LogP contribution in [0.1, 0.15) is 29.4 Å². The number of ether oxygens (including phenoxy) is 1. The number of anilines is 1. The van der Waals surface area contributed by atoms with Gasteiger partial charge in [-0.1, -0.05) is 12.1 Å². The summed E-state index contributed by atoms with van der Waals surface area (Å²) in [7, 11) is 0. The van der Waals surface area contributed by atoms with Crippen LogP contribution in [0.2, 0.25) is 0 Å². The zero-order valence-corrected chi connectivity index (χ0v) is 22.6. The van der Waals surface area contributed by atoms with Crippen LogP contribution in [-0.2, 0) is 6.54 Å². The van der Waals surface area contributed by atoms with Gasteiger partial charge in [0.2, 0.25) is 5.95 Å². The molecule has 11 nitrogen and oxygen atoms in total. The summed E-state index contributed by atoms with van der Waals surface area (Å²) >= 11 is 1.30. The van der Waals surface area contributed by atoms with Gasteiger partial charge in [-0.15, -0.1) is 11.3 Å². The number of fused-ring (bicyclic) bond motifs is 2. The first-order valence-electron chi connectivity index (χ1n) is 13.0. The molecule has 202 valence electrons. The van der Waals surface area contributed by atoms with Gasteiger partial charge >= 0.3 is 0 Å². The molecular weight excluding hydrogens is 526 g/mol. The lowest BCUT2D eigenvalue weighted by atomic mass is 10.1. The molecule has 1 aromatic carbocycles. The quantitative estimate of drug-likeness (QED) is 0.207. The molecule has 0 saturated heterocycles. The van der Waals surface area contributed by atoms with E-state index in [2.05, 4.69) is 35.3 Å². The van der Waals surface area contributed by atoms with Gasteiger partial charge in [0.15, 0.2) is 0 Å². The van der Waals surface area contributed by atoms with E-state index in [0.29, 0.717) is 28.6 Å². The summed E-state index contributed by atoms with van der Waals surface area (Å²) in [6.45, 7) is 3.77. The predicted molar refractivity (Wildman–Crippen MR) is 155 cm³/mol. The Labute approximate surface area is 233 Å². The summed E-state index contributed by atoms with van der Waals surface area (Å²) in [5, 5.41) is 9.09. The summed E-state index contributed by atoms with van der Waals surface area (Å²) in [5.74, 6) is 0.769. The summed E-state index contributed by atoms with van der Waals surface area (Å²) in [6.07, 6.45) is 9.03. The van der Waals surface area contributed by atoms with E-state index < -0.39 is 0 Å². The second-order valence-corrected chi connectivity index (χ2v) is 10.2. The number of rotatable bonds is 10. The predicted octanol–water partition coefficient (Wildman–Crippen LogP) is 4.68. The van der Waals surface area contributed by atoms with E-state index in [-0.39, 0.29) is 11.9 Å². The maximum absolute atomic E-state index is 12.4. The molecule has 5 aromatic heterocycles. The van der Waals surface area contributed by atoms with Crippen LogP contribution in [0.5, 0.6) is 5.75 Å². The number of benzene rings is 1. The number of nitrogens with two attached hydrogens (primary N) is 1. The molecule has 0 aliphatic carbocycles. The molecule has 0 unspecified atom stereocenters. The topological polar surface area (TPSA) is 150 Å². The van der Waals surface area contributed by atoms with E-state index in [1.165, 1.54) is 11.3 Å². The molecule has 0 spiro atoms. The van der Waals surface area contributed by atoms with Crippen LogP contribution >= 0.6 is 11.3 Å². The summed E-state index contributed by atoms with van der Waals surface area (Å²) in [4.78, 5) is 34.2. The largest absolute Gasteiger partial charge is 0.494 e. The van der Waals surface area contributed by atoms with Crippen molar-refractivity contribution in [3.63, 3.8) is 0 Å². The third-order valence-corrected chi connectivity index (χ3v) is 7.42. The monoisotopic (exact) mass is 553 g/mol. The maximum atomic E-state index is 12.4. The van der Waals surface area contributed by atoms with E-state index in [1.807, 2.05) is 66.6 Å². The lowest BCUT2D eigenvalue weighted by Crippen LogP contribution is -2.21. The Kier molecular flexibility index (Phi) is 7.06. The average Bonchev–Trinajstić information content (AvgIpc) is 3.72. The molecule has 0 aliphatic rings. The van der Waals surface area contributed by atoms with Crippen molar-refractivity contribution in [1.29, 1.82) is 0 Å². The van der Waals surface area contributed by atoms with Crippen LogP contribution in [0.4, 0.5) is 5.95 Å². The highest BCUT2D eigenvalue weighted by atomic mass is 32.1. The molecule has 0 saturated carbocycles. The zero-order chi connectivity index (χ0) is 27.5. The molecule has 6 aromatic rings. The first-order chi connectivity index (χ1) is 19.6. The molecule has 0 aliphatic heterocycles. The van der Waals surface area contributed by atoms with Crippen LogP contribution in [-0.4, -0.2) is 53.8 Å². The van der Waals surface area contributed by atoms with Gasteiger partial charge in [0, 0.05) is 47.4 Å². The highest BCUT2D eigenvalue weighted by Gasteiger charge is 2.16. The molecule has 0 fully saturated rings. The standard InChI is InChI=1S/C28H27N9O2S/c1-2-30-26(38)22-13-21-24(35-28(29)36-27(21)40-22)17-6-5-7-19(12-17)39-11-4-3-10-37-15-18(14-34-37)23-20-8-9-31-25(20)33-16-32-23/h5-9,12-16H,2-4,10-11H2,1H3,(H,30,38)(H2,29,35,36)(H,31,32,33). The minimum absolute atomic E-state index is 0.134. The van der Waals surface area contributed by atoms with Crippen LogP contribution in [0.3, 0.4) is 0 Å². The van der Waals surface area contributed by atoms with E-state index in [1.54, 1.807) is 6.33 Å². The first kappa shape index (κ1) is 25.4. The van der Waals surface area contributed by atoms with Gasteiger partial charge < -0.3 is 20.8 Å². The number of H-pyrrole nitrogens is 1. The normalized spacial score (nSPS) is 11.3. The zero-order valence-electron chi connectivity index (χ0n) is 21.8. The number of aromatic nitrogens is 7. The fourth-order valence-corrected chi connectivity index (χ4v) is 5.48. The summed E-state index contributed by atoms with van der Waals surface area (Å²) in [5.41, 5.74) is 10.2. The van der Waals surface area contributed by atoms with Crippen molar-refractivity contribution in [2.75, 3.05) is 18.9 Å². The minimum Gasteiger partial charge on any atom is -0.494 e. The Balaban J connectivity index is 1.08. The number of nitrogens with one attached hydrogen (secondary N) is 2. The molecule has 6 rings (SSSR count). The van der Waals surface area contributed by atoms with Crippen molar-refractivity contribution in [3.8, 4) is 28.3 Å². The van der Waals surface area contributed by atoms with Gasteiger partial charge in [0.1, 0.15) is 22.6 Å². The van der Waals surface area contributed by atoms with E-state index >= 15 is 0 Å². The molecule has 0 atom stereocenters. The Morgan fingerprint density at radius 1 is 1.10 bits per heavy atom. The second-order valence-electron chi connectivity index (χ2n) is 9.16. The Morgan fingerprint density at radius 3 is 2.92 bits per heavy atom. The van der Waals surface area contributed by atoms with Crippen molar-refractivity contribution in [2.24, 2.45) is 0 Å². The van der Waals surface area contributed by atoms with Crippen LogP contribution in [0.15, 0.2) is 61.3 Å². The van der Waals surface area contributed by atoms with Crippen LogP contribution in [0, 0.1) is 0 Å². The lowest BCUT2D eigenvalue weighted by molar-refractivity contribution is 0.0960. The van der Waals surface area contributed by atoms with Gasteiger partial charge in [0.05, 0.1) is 29.1 Å². The maximum Gasteiger partial charge on any atom is 0.261 e. The van der Waals surface area contributed by atoms with Crippen LogP contribution < -0.4 is 15.8 Å². The van der Waals surface area contributed by atoms with Gasteiger partial charge in [0.25, 0.3) is 5.91 Å². The number of carbonyl (C=O) groups is 1. The van der Waals surface area contributed by atoms with Gasteiger partial charge in [-0.3, -0.25) is 9.48 Å². The molecule has 0 radical (unpaired) electrons. The molecular formula is C28H27N9O2S. The van der Waals surface area contributed by atoms with Crippen molar-refractivity contribution >= 4 is 44.4 Å². The first-order valence-corrected chi connectivity index (χ1v) is 13.8. The van der Waals surface area contributed by atoms with Crippen molar-refractivity contribution in [1.82, 2.24) is 40.0 Å². The smallest absolute Gasteiger partial charge is 0.261 e. The highest BCUT2D eigenvalue weighted by molar-refractivity contribution is 7.20. The molecule has 1 amide bonds. The SMILES string of the molecule is CCNC(=O)c1cc2c(-c3cccc(OCCCCn4cc(-c5ncnc6[nH]ccc56)cn4)c3)nc(N)nc2s1. The molecule has 0 bridgehead atoms. The van der Waals surface area contributed by atoms with E-state index in [4.69, 9.17) is 10.5 Å². The number of unbranched alkanes of at least 4 members (excludes halogenated alkanes) is 1. The number of thiophene rings is 1. The number of hydrogen-bond acceptors (Lipinski definition) is 9. The third-order valence-electron chi connectivity index (χ3n) is 6.39. The molecule has 5 heterocycles. The lowest BCUT2D eigenvalue weighted by Gasteiger charge is -2.09. The van der Waals surface area contributed by atoms with Gasteiger partial charge in [-0.2, -0.15) is 5.10 Å². The Morgan fingerprint density at radius 2 is 2.02 bits per heavy atom. The van der Waals surface area contributed by atoms with E-state index in [9.17, 15) is 4.79 Å². The van der Waals surface area contributed by atoms with Crippen molar-refractivity contribution < 1.29 is 9.53 Å². The van der Waals surface area contributed by atoms with Crippen LogP contribution in [0.25, 0.3) is 43.8 Å². The minimum atomic E-state index is -0.134. The number of aromatic amines is 1. The average molecular weight is 554 g/mol.